The number of rotatable bonds is 5. The molecule has 0 bridgehead atoms. The molecule has 1 fully saturated rings. The van der Waals surface area contributed by atoms with Gasteiger partial charge in [-0.1, -0.05) is 30.3 Å². The van der Waals surface area contributed by atoms with E-state index < -0.39 is 11.6 Å². The van der Waals surface area contributed by atoms with Gasteiger partial charge in [0.1, 0.15) is 11.8 Å². The van der Waals surface area contributed by atoms with Crippen LogP contribution >= 0.6 is 0 Å². The highest BCUT2D eigenvalue weighted by molar-refractivity contribution is 5.98. The van der Waals surface area contributed by atoms with Crippen molar-refractivity contribution in [3.05, 3.63) is 48.0 Å². The van der Waals surface area contributed by atoms with E-state index in [-0.39, 0.29) is 18.4 Å². The summed E-state index contributed by atoms with van der Waals surface area (Å²) in [6.07, 6.45) is 1.26. The van der Waals surface area contributed by atoms with E-state index in [1.54, 1.807) is 11.9 Å². The number of benzene rings is 2. The Labute approximate surface area is 186 Å². The summed E-state index contributed by atoms with van der Waals surface area (Å²) in [5.74, 6) is 0.288. The predicted molar refractivity (Wildman–Crippen MR) is 119 cm³/mol. The number of nitriles is 1. The first kappa shape index (κ1) is 21.8. The van der Waals surface area contributed by atoms with Crippen LogP contribution in [0.25, 0.3) is 11.1 Å². The first-order valence-corrected chi connectivity index (χ1v) is 10.6. The molecule has 2 aliphatic heterocycles. The van der Waals surface area contributed by atoms with Gasteiger partial charge in [-0.05, 0) is 41.7 Å². The Bertz CT molecular complexity index is 1050. The third-order valence-electron chi connectivity index (χ3n) is 6.07. The predicted octanol–water partition coefficient (Wildman–Crippen LogP) is 1.77. The summed E-state index contributed by atoms with van der Waals surface area (Å²) in [6, 6.07) is 15.0. The van der Waals surface area contributed by atoms with Crippen molar-refractivity contribution in [2.45, 2.75) is 30.8 Å². The lowest BCUT2D eigenvalue weighted by Crippen LogP contribution is -2.58. The van der Waals surface area contributed by atoms with Crippen molar-refractivity contribution in [3.63, 3.8) is 0 Å². The molecule has 0 saturated carbocycles. The summed E-state index contributed by atoms with van der Waals surface area (Å²) in [4.78, 5) is 26.1. The summed E-state index contributed by atoms with van der Waals surface area (Å²) in [7, 11) is 1.73. The van der Waals surface area contributed by atoms with Gasteiger partial charge in [-0.25, -0.2) is 0 Å². The number of nitrogens with one attached hydrogen (secondary N) is 1. The highest BCUT2D eigenvalue weighted by atomic mass is 16.5. The minimum Gasteiger partial charge on any atom is -0.482 e. The number of anilines is 1. The van der Waals surface area contributed by atoms with E-state index in [0.717, 1.165) is 22.4 Å². The Kier molecular flexibility index (Phi) is 6.12. The van der Waals surface area contributed by atoms with E-state index in [2.05, 4.69) is 11.4 Å². The molecule has 1 saturated heterocycles. The number of nitrogens with two attached hydrogens (primary N) is 1. The van der Waals surface area contributed by atoms with E-state index in [4.69, 9.17) is 15.2 Å². The first-order valence-electron chi connectivity index (χ1n) is 10.6. The maximum absolute atomic E-state index is 12.6. The lowest BCUT2D eigenvalue weighted by atomic mass is 9.90. The smallest absolute Gasteiger partial charge is 0.264 e. The molecule has 32 heavy (non-hydrogen) atoms. The minimum atomic E-state index is -0.984. The zero-order chi connectivity index (χ0) is 22.7. The van der Waals surface area contributed by atoms with Crippen LogP contribution in [-0.2, 0) is 20.7 Å². The van der Waals surface area contributed by atoms with Crippen molar-refractivity contribution in [2.75, 3.05) is 31.8 Å². The van der Waals surface area contributed by atoms with E-state index in [1.807, 2.05) is 42.5 Å². The van der Waals surface area contributed by atoms with Crippen LogP contribution in [0.1, 0.15) is 18.4 Å². The fraction of sp³-hybridized carbons (Fsp3) is 0.375. The summed E-state index contributed by atoms with van der Waals surface area (Å²) in [6.45, 7) is 0.940. The second kappa shape index (κ2) is 8.99. The van der Waals surface area contributed by atoms with Gasteiger partial charge in [-0.3, -0.25) is 9.59 Å². The SMILES string of the molecule is CN1C(=O)COc2ccc(-c3ccc(CC(C#N)NC(=O)C4(N)CCOCC4)cc3)cc21. The van der Waals surface area contributed by atoms with Crippen LogP contribution < -0.4 is 20.7 Å². The number of nitrogens with zero attached hydrogens (tertiary/aromatic N) is 2. The van der Waals surface area contributed by atoms with Crippen molar-refractivity contribution >= 4 is 17.5 Å². The van der Waals surface area contributed by atoms with Crippen LogP contribution in [0.4, 0.5) is 5.69 Å². The molecule has 1 atom stereocenters. The molecule has 0 spiro atoms. The molecule has 0 aliphatic carbocycles. The van der Waals surface area contributed by atoms with Crippen LogP contribution in [-0.4, -0.2) is 50.3 Å². The van der Waals surface area contributed by atoms with E-state index in [1.165, 1.54) is 0 Å². The Morgan fingerprint density at radius 2 is 1.91 bits per heavy atom. The lowest BCUT2D eigenvalue weighted by molar-refractivity contribution is -0.130. The average molecular weight is 434 g/mol. The van der Waals surface area contributed by atoms with Crippen LogP contribution in [0.15, 0.2) is 42.5 Å². The largest absolute Gasteiger partial charge is 0.482 e. The molecule has 3 N–H and O–H groups in total. The highest BCUT2D eigenvalue weighted by Crippen LogP contribution is 2.35. The Morgan fingerprint density at radius 3 is 2.59 bits per heavy atom. The van der Waals surface area contributed by atoms with Crippen LogP contribution in [0.3, 0.4) is 0 Å². The van der Waals surface area contributed by atoms with Crippen molar-refractivity contribution in [3.8, 4) is 22.9 Å². The number of carbonyl (C=O) groups excluding carboxylic acids is 2. The Hall–Kier alpha value is -3.41. The summed E-state index contributed by atoms with van der Waals surface area (Å²) in [5, 5.41) is 12.3. The van der Waals surface area contributed by atoms with E-state index in [0.29, 0.717) is 38.2 Å². The van der Waals surface area contributed by atoms with Gasteiger partial charge in [-0.2, -0.15) is 5.26 Å². The number of amides is 2. The summed E-state index contributed by atoms with van der Waals surface area (Å²) >= 11 is 0. The van der Waals surface area contributed by atoms with Gasteiger partial charge in [0.05, 0.1) is 17.3 Å². The molecule has 2 heterocycles. The Morgan fingerprint density at radius 1 is 1.22 bits per heavy atom. The molecule has 8 nitrogen and oxygen atoms in total. The number of fused-ring (bicyclic) bond motifs is 1. The fourth-order valence-corrected chi connectivity index (χ4v) is 3.91. The van der Waals surface area contributed by atoms with Gasteiger partial charge in [0.25, 0.3) is 5.91 Å². The van der Waals surface area contributed by atoms with Gasteiger partial charge in [0.2, 0.25) is 5.91 Å². The van der Waals surface area contributed by atoms with Gasteiger partial charge in [0.15, 0.2) is 6.61 Å². The molecule has 2 aromatic carbocycles. The van der Waals surface area contributed by atoms with Crippen LogP contribution in [0.2, 0.25) is 0 Å². The molecular formula is C24H26N4O4. The number of ether oxygens (including phenoxy) is 2. The molecule has 2 aromatic rings. The topological polar surface area (TPSA) is 118 Å². The molecule has 0 aromatic heterocycles. The van der Waals surface area contributed by atoms with Crippen molar-refractivity contribution in [1.82, 2.24) is 5.32 Å². The quantitative estimate of drug-likeness (QED) is 0.741. The van der Waals surface area contributed by atoms with Gasteiger partial charge in [0, 0.05) is 26.7 Å². The van der Waals surface area contributed by atoms with Gasteiger partial charge in [-0.15, -0.1) is 0 Å². The molecule has 2 amide bonds. The average Bonchev–Trinajstić information content (AvgIpc) is 2.82. The molecule has 166 valence electrons. The van der Waals surface area contributed by atoms with Crippen molar-refractivity contribution < 1.29 is 19.1 Å². The van der Waals surface area contributed by atoms with E-state index >= 15 is 0 Å². The molecule has 8 heteroatoms. The van der Waals surface area contributed by atoms with Gasteiger partial charge < -0.3 is 25.4 Å². The Balaban J connectivity index is 1.44. The van der Waals surface area contributed by atoms with Crippen molar-refractivity contribution in [1.29, 1.82) is 5.26 Å². The highest BCUT2D eigenvalue weighted by Gasteiger charge is 2.36. The van der Waals surface area contributed by atoms with Gasteiger partial charge >= 0.3 is 0 Å². The molecule has 1 unspecified atom stereocenters. The second-order valence-corrected chi connectivity index (χ2v) is 8.25. The summed E-state index contributed by atoms with van der Waals surface area (Å²) < 4.78 is 10.8. The molecular weight excluding hydrogens is 408 g/mol. The summed E-state index contributed by atoms with van der Waals surface area (Å²) in [5.41, 5.74) is 8.82. The van der Waals surface area contributed by atoms with Crippen LogP contribution in [0.5, 0.6) is 5.75 Å². The van der Waals surface area contributed by atoms with Crippen molar-refractivity contribution in [2.24, 2.45) is 5.73 Å². The molecule has 4 rings (SSSR count). The normalized spacial score (nSPS) is 18.2. The maximum atomic E-state index is 12.6. The fourth-order valence-electron chi connectivity index (χ4n) is 3.91. The van der Waals surface area contributed by atoms with Crippen LogP contribution in [0, 0.1) is 11.3 Å². The zero-order valence-corrected chi connectivity index (χ0v) is 18.0. The van der Waals surface area contributed by atoms with E-state index in [9.17, 15) is 14.9 Å². The zero-order valence-electron chi connectivity index (χ0n) is 18.0. The standard InChI is InChI=1S/C24H26N4O4/c1-28-20-13-18(6-7-21(20)32-15-22(28)29)17-4-2-16(3-5-17)12-19(14-25)27-23(30)24(26)8-10-31-11-9-24/h2-7,13,19H,8-12,15,26H2,1H3,(H,27,30). The maximum Gasteiger partial charge on any atom is 0.264 e. The number of hydrogen-bond acceptors (Lipinski definition) is 6. The monoisotopic (exact) mass is 434 g/mol. The third kappa shape index (κ3) is 4.44. The second-order valence-electron chi connectivity index (χ2n) is 8.25. The number of likely N-dealkylation sites (N-methyl/N-ethyl adjacent to an activating group) is 1. The third-order valence-corrected chi connectivity index (χ3v) is 6.07. The minimum absolute atomic E-state index is 0.0488. The molecule has 2 aliphatic rings. The number of hydrogen-bond donors (Lipinski definition) is 2. The number of carbonyl (C=O) groups is 2. The lowest BCUT2D eigenvalue weighted by Gasteiger charge is -2.32. The molecule has 0 radical (unpaired) electrons. The first-order chi connectivity index (χ1) is 15.4.